The SMILES string of the molecule is Cc1cc(O)c([C@@H]2S[C@H](CO)[C@@H](O)[C@H](O)[C@H]2O)cc1Cc1ccc(CCCC(=O)C(C)(C)CCO)cc1. The van der Waals surface area contributed by atoms with Gasteiger partial charge in [0.1, 0.15) is 17.6 Å². The van der Waals surface area contributed by atoms with Crippen molar-refractivity contribution < 1.29 is 35.4 Å². The molecule has 37 heavy (non-hydrogen) atoms. The van der Waals surface area contributed by atoms with E-state index in [9.17, 15) is 30.3 Å². The van der Waals surface area contributed by atoms with Crippen LogP contribution in [0.3, 0.4) is 0 Å². The molecule has 3 rings (SSSR count). The first-order valence-electron chi connectivity index (χ1n) is 12.8. The quantitative estimate of drug-likeness (QED) is 0.260. The number of hydrogen-bond donors (Lipinski definition) is 6. The maximum absolute atomic E-state index is 12.4. The minimum atomic E-state index is -1.42. The predicted molar refractivity (Wildman–Crippen MR) is 145 cm³/mol. The van der Waals surface area contributed by atoms with Gasteiger partial charge in [0.15, 0.2) is 0 Å². The number of phenols is 1. The van der Waals surface area contributed by atoms with Crippen LogP contribution in [0.25, 0.3) is 0 Å². The molecule has 0 aliphatic carbocycles. The summed E-state index contributed by atoms with van der Waals surface area (Å²) in [6.07, 6.45) is -0.849. The van der Waals surface area contributed by atoms with E-state index in [0.717, 1.165) is 46.9 Å². The van der Waals surface area contributed by atoms with Gasteiger partial charge >= 0.3 is 0 Å². The summed E-state index contributed by atoms with van der Waals surface area (Å²) in [6.45, 7) is 5.31. The number of carbonyl (C=O) groups excluding carboxylic acids is 1. The fourth-order valence-electron chi connectivity index (χ4n) is 4.79. The lowest BCUT2D eigenvalue weighted by Gasteiger charge is -2.40. The maximum Gasteiger partial charge on any atom is 0.138 e. The van der Waals surface area contributed by atoms with Gasteiger partial charge in [0.05, 0.1) is 29.3 Å². The summed E-state index contributed by atoms with van der Waals surface area (Å²) < 4.78 is 0. The van der Waals surface area contributed by atoms with Gasteiger partial charge in [-0.2, -0.15) is 0 Å². The molecule has 1 aliphatic heterocycles. The first-order valence-corrected chi connectivity index (χ1v) is 13.8. The molecule has 1 heterocycles. The first-order chi connectivity index (χ1) is 17.5. The third kappa shape index (κ3) is 7.13. The van der Waals surface area contributed by atoms with Crippen molar-refractivity contribution in [3.63, 3.8) is 0 Å². The number of ketones is 1. The van der Waals surface area contributed by atoms with Crippen LogP contribution in [-0.4, -0.2) is 73.2 Å². The van der Waals surface area contributed by atoms with Gasteiger partial charge in [-0.05, 0) is 60.9 Å². The zero-order valence-corrected chi connectivity index (χ0v) is 22.6. The molecule has 1 aliphatic rings. The van der Waals surface area contributed by atoms with E-state index in [1.165, 1.54) is 0 Å². The highest BCUT2D eigenvalue weighted by molar-refractivity contribution is 8.00. The topological polar surface area (TPSA) is 138 Å². The molecule has 0 spiro atoms. The zero-order valence-electron chi connectivity index (χ0n) is 21.8. The summed E-state index contributed by atoms with van der Waals surface area (Å²) >= 11 is 1.15. The molecule has 8 heteroatoms. The molecule has 7 nitrogen and oxygen atoms in total. The summed E-state index contributed by atoms with van der Waals surface area (Å²) in [5.74, 6) is 0.176. The van der Waals surface area contributed by atoms with Crippen LogP contribution in [0.5, 0.6) is 5.75 Å². The monoisotopic (exact) mass is 532 g/mol. The van der Waals surface area contributed by atoms with Crippen molar-refractivity contribution >= 4 is 17.5 Å². The standard InChI is InChI=1S/C29H40O7S/c1-17-13-22(32)21(28-27(36)26(35)25(34)23(16-31)37-28)15-20(17)14-19-9-7-18(8-10-19)5-4-6-24(33)29(2,3)11-12-30/h7-10,13,15,23,25-28,30-32,34-36H,4-6,11-12,14,16H2,1-3H3/t23-,25-,26+,27-,28+/m1/s1. The van der Waals surface area contributed by atoms with Gasteiger partial charge in [-0.25, -0.2) is 0 Å². The van der Waals surface area contributed by atoms with Crippen molar-refractivity contribution in [1.29, 1.82) is 0 Å². The second-order valence-corrected chi connectivity index (χ2v) is 12.1. The summed E-state index contributed by atoms with van der Waals surface area (Å²) in [6, 6.07) is 11.7. The van der Waals surface area contributed by atoms with Crippen LogP contribution in [0.4, 0.5) is 0 Å². The second kappa shape index (κ2) is 12.7. The lowest BCUT2D eigenvalue weighted by molar-refractivity contribution is -0.128. The Bertz CT molecular complexity index is 1050. The number of aliphatic hydroxyl groups is 5. The molecular weight excluding hydrogens is 492 g/mol. The van der Waals surface area contributed by atoms with E-state index < -0.39 is 34.2 Å². The van der Waals surface area contributed by atoms with E-state index >= 15 is 0 Å². The molecule has 0 aromatic heterocycles. The van der Waals surface area contributed by atoms with E-state index in [0.29, 0.717) is 24.8 Å². The maximum atomic E-state index is 12.4. The van der Waals surface area contributed by atoms with Crippen molar-refractivity contribution in [2.75, 3.05) is 13.2 Å². The summed E-state index contributed by atoms with van der Waals surface area (Å²) in [5.41, 5.74) is 4.04. The van der Waals surface area contributed by atoms with Crippen molar-refractivity contribution in [2.45, 2.75) is 81.7 Å². The van der Waals surface area contributed by atoms with Crippen LogP contribution in [-0.2, 0) is 17.6 Å². The Hall–Kier alpha value is -1.94. The van der Waals surface area contributed by atoms with E-state index in [4.69, 9.17) is 5.11 Å². The molecule has 5 atom stereocenters. The Kier molecular flexibility index (Phi) is 10.2. The number of hydrogen-bond acceptors (Lipinski definition) is 8. The minimum Gasteiger partial charge on any atom is -0.508 e. The van der Waals surface area contributed by atoms with E-state index in [1.807, 2.05) is 39.0 Å². The number of Topliss-reactive ketones (excluding diaryl/α,β-unsaturated/α-hetero) is 1. The molecule has 6 N–H and O–H groups in total. The van der Waals surface area contributed by atoms with Crippen LogP contribution in [0.2, 0.25) is 0 Å². The Morgan fingerprint density at radius 3 is 2.24 bits per heavy atom. The van der Waals surface area contributed by atoms with E-state index in [1.54, 1.807) is 6.07 Å². The Labute approximate surface area is 223 Å². The van der Waals surface area contributed by atoms with Crippen LogP contribution in [0, 0.1) is 12.3 Å². The number of carbonyl (C=O) groups is 1. The van der Waals surface area contributed by atoms with Gasteiger partial charge in [-0.15, -0.1) is 11.8 Å². The number of aryl methyl sites for hydroxylation is 2. The number of aliphatic hydroxyl groups excluding tert-OH is 5. The molecular formula is C29H40O7S. The van der Waals surface area contributed by atoms with Crippen molar-refractivity contribution in [1.82, 2.24) is 0 Å². The molecule has 0 saturated carbocycles. The largest absolute Gasteiger partial charge is 0.508 e. The molecule has 0 bridgehead atoms. The third-order valence-electron chi connectivity index (χ3n) is 7.46. The lowest BCUT2D eigenvalue weighted by atomic mass is 9.82. The highest BCUT2D eigenvalue weighted by Gasteiger charge is 2.44. The van der Waals surface area contributed by atoms with Crippen LogP contribution in [0.15, 0.2) is 36.4 Å². The average molecular weight is 533 g/mol. The molecule has 0 radical (unpaired) electrons. The summed E-state index contributed by atoms with van der Waals surface area (Å²) in [7, 11) is 0. The van der Waals surface area contributed by atoms with Crippen molar-refractivity contribution in [3.05, 3.63) is 64.2 Å². The van der Waals surface area contributed by atoms with Crippen LogP contribution in [0.1, 0.15) is 66.2 Å². The second-order valence-electron chi connectivity index (χ2n) is 10.7. The third-order valence-corrected chi connectivity index (χ3v) is 9.07. The molecule has 2 aromatic carbocycles. The first kappa shape index (κ1) is 29.6. The lowest BCUT2D eigenvalue weighted by Crippen LogP contribution is -2.51. The molecule has 0 unspecified atom stereocenters. The van der Waals surface area contributed by atoms with E-state index in [2.05, 4.69) is 12.1 Å². The van der Waals surface area contributed by atoms with E-state index in [-0.39, 0.29) is 24.7 Å². The highest BCUT2D eigenvalue weighted by atomic mass is 32.2. The molecule has 204 valence electrons. The summed E-state index contributed by atoms with van der Waals surface area (Å²) in [4.78, 5) is 12.4. The average Bonchev–Trinajstić information content (AvgIpc) is 2.85. The van der Waals surface area contributed by atoms with Crippen LogP contribution < -0.4 is 0 Å². The van der Waals surface area contributed by atoms with Crippen molar-refractivity contribution in [3.8, 4) is 5.75 Å². The highest BCUT2D eigenvalue weighted by Crippen LogP contribution is 2.46. The van der Waals surface area contributed by atoms with Gasteiger partial charge in [-0.3, -0.25) is 4.79 Å². The fraction of sp³-hybridized carbons (Fsp3) is 0.552. The number of phenolic OH excluding ortho intramolecular Hbond substituents is 1. The summed E-state index contributed by atoms with van der Waals surface area (Å²) in [5, 5.41) is 59.0. The van der Waals surface area contributed by atoms with Crippen molar-refractivity contribution in [2.24, 2.45) is 5.41 Å². The Morgan fingerprint density at radius 1 is 0.973 bits per heavy atom. The Morgan fingerprint density at radius 2 is 1.62 bits per heavy atom. The normalized spacial score (nSPS) is 24.3. The van der Waals surface area contributed by atoms with Gasteiger partial charge in [0.2, 0.25) is 0 Å². The number of benzene rings is 2. The number of aromatic hydroxyl groups is 1. The number of thioether (sulfide) groups is 1. The molecule has 1 saturated heterocycles. The number of rotatable bonds is 11. The fourth-order valence-corrected chi connectivity index (χ4v) is 6.23. The molecule has 0 amide bonds. The van der Waals surface area contributed by atoms with Gasteiger partial charge in [0, 0.05) is 24.0 Å². The smallest absolute Gasteiger partial charge is 0.138 e. The Balaban J connectivity index is 1.68. The molecule has 1 fully saturated rings. The zero-order chi connectivity index (χ0) is 27.3. The molecule has 2 aromatic rings. The van der Waals surface area contributed by atoms with Gasteiger partial charge in [0.25, 0.3) is 0 Å². The minimum absolute atomic E-state index is 0.00476. The van der Waals surface area contributed by atoms with Gasteiger partial charge < -0.3 is 30.6 Å². The van der Waals surface area contributed by atoms with Crippen LogP contribution >= 0.6 is 11.8 Å². The predicted octanol–water partition coefficient (Wildman–Crippen LogP) is 2.82. The van der Waals surface area contributed by atoms with Gasteiger partial charge in [-0.1, -0.05) is 44.2 Å².